The zero-order valence-electron chi connectivity index (χ0n) is 12.6. The Bertz CT molecular complexity index is 666. The van der Waals surface area contributed by atoms with E-state index < -0.39 is 0 Å². The number of nitrogens with one attached hydrogen (secondary N) is 2. The summed E-state index contributed by atoms with van der Waals surface area (Å²) in [6, 6.07) is 14.0. The van der Waals surface area contributed by atoms with Gasteiger partial charge in [-0.2, -0.15) is 0 Å². The number of carbonyl (C=O) groups is 2. The molecule has 2 aromatic carbocycles. The van der Waals surface area contributed by atoms with Crippen molar-refractivity contribution in [1.29, 1.82) is 0 Å². The second kappa shape index (κ2) is 7.26. The number of benzene rings is 2. The predicted octanol–water partition coefficient (Wildman–Crippen LogP) is 3.30. The highest BCUT2D eigenvalue weighted by atomic mass is 16.5. The predicted molar refractivity (Wildman–Crippen MR) is 86.3 cm³/mol. The number of hydrogen-bond acceptors (Lipinski definition) is 3. The van der Waals surface area contributed by atoms with Crippen LogP contribution < -0.4 is 15.4 Å². The van der Waals surface area contributed by atoms with Crippen molar-refractivity contribution >= 4 is 23.2 Å². The molecule has 0 fully saturated rings. The molecule has 0 bridgehead atoms. The normalized spacial score (nSPS) is 9.91. The van der Waals surface area contributed by atoms with Gasteiger partial charge in [0.25, 0.3) is 5.91 Å². The highest BCUT2D eigenvalue weighted by molar-refractivity contribution is 6.06. The molecule has 0 saturated heterocycles. The third-order valence-electron chi connectivity index (χ3n) is 2.89. The van der Waals surface area contributed by atoms with Gasteiger partial charge in [0.2, 0.25) is 5.91 Å². The maximum absolute atomic E-state index is 12.3. The van der Waals surface area contributed by atoms with E-state index in [0.29, 0.717) is 29.3 Å². The summed E-state index contributed by atoms with van der Waals surface area (Å²) in [7, 11) is 0. The largest absolute Gasteiger partial charge is 0.493 e. The van der Waals surface area contributed by atoms with Crippen LogP contribution in [0.3, 0.4) is 0 Å². The van der Waals surface area contributed by atoms with Gasteiger partial charge < -0.3 is 15.4 Å². The van der Waals surface area contributed by atoms with E-state index in [-0.39, 0.29) is 11.8 Å². The fraction of sp³-hybridized carbons (Fsp3) is 0.176. The summed E-state index contributed by atoms with van der Waals surface area (Å²) >= 11 is 0. The van der Waals surface area contributed by atoms with E-state index in [4.69, 9.17) is 4.74 Å². The summed E-state index contributed by atoms with van der Waals surface area (Å²) < 4.78 is 5.45. The van der Waals surface area contributed by atoms with Crippen LogP contribution in [0.1, 0.15) is 24.2 Å². The second-order valence-electron chi connectivity index (χ2n) is 4.64. The van der Waals surface area contributed by atoms with Gasteiger partial charge in [-0.25, -0.2) is 0 Å². The fourth-order valence-electron chi connectivity index (χ4n) is 1.97. The van der Waals surface area contributed by atoms with E-state index in [9.17, 15) is 9.59 Å². The fourth-order valence-corrected chi connectivity index (χ4v) is 1.97. The molecule has 0 saturated carbocycles. The summed E-state index contributed by atoms with van der Waals surface area (Å²) in [4.78, 5) is 23.3. The van der Waals surface area contributed by atoms with Crippen molar-refractivity contribution in [3.05, 3.63) is 54.1 Å². The third-order valence-corrected chi connectivity index (χ3v) is 2.89. The van der Waals surface area contributed by atoms with Crippen LogP contribution in [0.5, 0.6) is 5.75 Å². The molecule has 5 heteroatoms. The Morgan fingerprint density at radius 3 is 2.14 bits per heavy atom. The molecule has 0 aromatic heterocycles. The molecule has 0 aliphatic carbocycles. The maximum atomic E-state index is 12.3. The van der Waals surface area contributed by atoms with Gasteiger partial charge in [-0.05, 0) is 43.3 Å². The number of anilines is 2. The van der Waals surface area contributed by atoms with Crippen molar-refractivity contribution in [2.45, 2.75) is 13.8 Å². The van der Waals surface area contributed by atoms with Crippen LogP contribution in [0.25, 0.3) is 0 Å². The van der Waals surface area contributed by atoms with E-state index in [0.717, 1.165) is 0 Å². The zero-order chi connectivity index (χ0) is 15.9. The van der Waals surface area contributed by atoms with Gasteiger partial charge in [0.1, 0.15) is 5.75 Å². The Morgan fingerprint density at radius 1 is 0.955 bits per heavy atom. The van der Waals surface area contributed by atoms with Crippen LogP contribution in [0, 0.1) is 0 Å². The highest BCUT2D eigenvalue weighted by Gasteiger charge is 2.12. The number of rotatable bonds is 5. The minimum Gasteiger partial charge on any atom is -0.493 e. The number of para-hydroxylation sites is 1. The SMILES string of the molecule is CCOc1ccccc1C(=O)Nc1ccc(NC(C)=O)cc1. The minimum atomic E-state index is -0.240. The molecule has 0 unspecified atom stereocenters. The molecule has 0 spiro atoms. The van der Waals surface area contributed by atoms with E-state index in [1.165, 1.54) is 6.92 Å². The van der Waals surface area contributed by atoms with Gasteiger partial charge in [-0.15, -0.1) is 0 Å². The third kappa shape index (κ3) is 4.09. The van der Waals surface area contributed by atoms with Gasteiger partial charge in [0.15, 0.2) is 0 Å². The number of carbonyl (C=O) groups excluding carboxylic acids is 2. The Kier molecular flexibility index (Phi) is 5.14. The number of hydrogen-bond donors (Lipinski definition) is 2. The monoisotopic (exact) mass is 298 g/mol. The first-order valence-corrected chi connectivity index (χ1v) is 7.01. The minimum absolute atomic E-state index is 0.137. The smallest absolute Gasteiger partial charge is 0.259 e. The van der Waals surface area contributed by atoms with Crippen molar-refractivity contribution in [2.75, 3.05) is 17.2 Å². The Hall–Kier alpha value is -2.82. The van der Waals surface area contributed by atoms with Gasteiger partial charge in [0, 0.05) is 18.3 Å². The molecular weight excluding hydrogens is 280 g/mol. The molecule has 22 heavy (non-hydrogen) atoms. The van der Waals surface area contributed by atoms with Crippen molar-refractivity contribution in [3.63, 3.8) is 0 Å². The Morgan fingerprint density at radius 2 is 1.55 bits per heavy atom. The molecule has 0 radical (unpaired) electrons. The first-order chi connectivity index (χ1) is 10.6. The lowest BCUT2D eigenvalue weighted by molar-refractivity contribution is -0.114. The molecule has 0 aliphatic heterocycles. The van der Waals surface area contributed by atoms with Crippen LogP contribution in [-0.2, 0) is 4.79 Å². The van der Waals surface area contributed by atoms with E-state index >= 15 is 0 Å². The van der Waals surface area contributed by atoms with Crippen molar-refractivity contribution in [1.82, 2.24) is 0 Å². The van der Waals surface area contributed by atoms with Crippen LogP contribution in [0.4, 0.5) is 11.4 Å². The molecule has 114 valence electrons. The van der Waals surface area contributed by atoms with Crippen LogP contribution >= 0.6 is 0 Å². The van der Waals surface area contributed by atoms with E-state index in [1.807, 2.05) is 13.0 Å². The number of ether oxygens (including phenoxy) is 1. The molecule has 0 aliphatic rings. The molecule has 0 heterocycles. The lowest BCUT2D eigenvalue weighted by Crippen LogP contribution is -2.13. The van der Waals surface area contributed by atoms with Gasteiger partial charge >= 0.3 is 0 Å². The van der Waals surface area contributed by atoms with Crippen molar-refractivity contribution < 1.29 is 14.3 Å². The first-order valence-electron chi connectivity index (χ1n) is 7.01. The van der Waals surface area contributed by atoms with Crippen LogP contribution in [-0.4, -0.2) is 18.4 Å². The average molecular weight is 298 g/mol. The first kappa shape index (κ1) is 15.6. The summed E-state index contributed by atoms with van der Waals surface area (Å²) in [5.74, 6) is 0.177. The van der Waals surface area contributed by atoms with E-state index in [2.05, 4.69) is 10.6 Å². The average Bonchev–Trinajstić information content (AvgIpc) is 2.49. The summed E-state index contributed by atoms with van der Waals surface area (Å²) in [5.41, 5.74) is 1.81. The topological polar surface area (TPSA) is 67.4 Å². The zero-order valence-corrected chi connectivity index (χ0v) is 12.6. The quantitative estimate of drug-likeness (QED) is 0.890. The highest BCUT2D eigenvalue weighted by Crippen LogP contribution is 2.20. The molecule has 2 rings (SSSR count). The summed E-state index contributed by atoms with van der Waals surface area (Å²) in [6.07, 6.45) is 0. The van der Waals surface area contributed by atoms with Crippen molar-refractivity contribution in [3.8, 4) is 5.75 Å². The van der Waals surface area contributed by atoms with E-state index in [1.54, 1.807) is 42.5 Å². The van der Waals surface area contributed by atoms with Gasteiger partial charge in [-0.3, -0.25) is 9.59 Å². The lowest BCUT2D eigenvalue weighted by atomic mass is 10.2. The van der Waals surface area contributed by atoms with Gasteiger partial charge in [0.05, 0.1) is 12.2 Å². The molecule has 2 aromatic rings. The Balaban J connectivity index is 2.10. The molecule has 2 amide bonds. The van der Waals surface area contributed by atoms with Crippen LogP contribution in [0.2, 0.25) is 0 Å². The summed E-state index contributed by atoms with van der Waals surface area (Å²) in [5, 5.41) is 5.48. The molecule has 5 nitrogen and oxygen atoms in total. The number of amides is 2. The molecular formula is C17H18N2O3. The second-order valence-corrected chi connectivity index (χ2v) is 4.64. The standard InChI is InChI=1S/C17H18N2O3/c1-3-22-16-7-5-4-6-15(16)17(21)19-14-10-8-13(9-11-14)18-12(2)20/h4-11H,3H2,1-2H3,(H,18,20)(H,19,21). The lowest BCUT2D eigenvalue weighted by Gasteiger charge is -2.11. The Labute approximate surface area is 129 Å². The van der Waals surface area contributed by atoms with Crippen LogP contribution in [0.15, 0.2) is 48.5 Å². The molecule has 2 N–H and O–H groups in total. The maximum Gasteiger partial charge on any atom is 0.259 e. The van der Waals surface area contributed by atoms with Gasteiger partial charge in [-0.1, -0.05) is 12.1 Å². The summed E-state index contributed by atoms with van der Waals surface area (Å²) in [6.45, 7) is 3.81. The van der Waals surface area contributed by atoms with Crippen molar-refractivity contribution in [2.24, 2.45) is 0 Å². The molecule has 0 atom stereocenters.